The van der Waals surface area contributed by atoms with E-state index in [1.165, 1.54) is 0 Å². The molecule has 0 aliphatic carbocycles. The van der Waals surface area contributed by atoms with Gasteiger partial charge in [0, 0.05) is 6.54 Å². The van der Waals surface area contributed by atoms with Gasteiger partial charge in [-0.2, -0.15) is 13.1 Å². The maximum Gasteiger partial charge on any atom is 0.275 e. The van der Waals surface area contributed by atoms with Crippen LogP contribution in [-0.2, 0) is 15.0 Å². The lowest BCUT2D eigenvalue weighted by Gasteiger charge is -2.21. The van der Waals surface area contributed by atoms with E-state index in [0.29, 0.717) is 13.0 Å². The van der Waals surface area contributed by atoms with E-state index in [9.17, 15) is 13.2 Å². The lowest BCUT2D eigenvalue weighted by atomic mass is 10.1. The molecular formula is C5H11N3O3S. The Morgan fingerprint density at radius 1 is 1.58 bits per heavy atom. The average Bonchev–Trinajstić information content (AvgIpc) is 1.91. The second-order valence-corrected chi connectivity index (χ2v) is 3.97. The lowest BCUT2D eigenvalue weighted by Crippen LogP contribution is -2.51. The molecule has 1 aliphatic rings. The maximum absolute atomic E-state index is 11.0. The molecule has 0 bridgehead atoms. The first kappa shape index (κ1) is 9.43. The minimum Gasteiger partial charge on any atom is -0.355 e. The molecule has 1 atom stereocenters. The van der Waals surface area contributed by atoms with Crippen LogP contribution in [0.4, 0.5) is 0 Å². The van der Waals surface area contributed by atoms with Crippen LogP contribution < -0.4 is 15.2 Å². The molecule has 12 heavy (non-hydrogen) atoms. The van der Waals surface area contributed by atoms with Crippen molar-refractivity contribution in [3.63, 3.8) is 0 Å². The fourth-order valence-corrected chi connectivity index (χ4v) is 1.70. The van der Waals surface area contributed by atoms with E-state index in [0.717, 1.165) is 6.42 Å². The molecule has 6 nitrogen and oxygen atoms in total. The summed E-state index contributed by atoms with van der Waals surface area (Å²) >= 11 is 0. The van der Waals surface area contributed by atoms with Crippen molar-refractivity contribution in [2.45, 2.75) is 18.9 Å². The van der Waals surface area contributed by atoms with Gasteiger partial charge >= 0.3 is 0 Å². The highest BCUT2D eigenvalue weighted by Crippen LogP contribution is 2.02. The van der Waals surface area contributed by atoms with Gasteiger partial charge in [0.1, 0.15) is 6.04 Å². The second kappa shape index (κ2) is 3.38. The highest BCUT2D eigenvalue weighted by Gasteiger charge is 2.24. The van der Waals surface area contributed by atoms with Gasteiger partial charge < -0.3 is 5.32 Å². The van der Waals surface area contributed by atoms with Gasteiger partial charge in [-0.15, -0.1) is 0 Å². The van der Waals surface area contributed by atoms with Gasteiger partial charge in [-0.05, 0) is 12.8 Å². The highest BCUT2D eigenvalue weighted by molar-refractivity contribution is 7.87. The predicted molar refractivity (Wildman–Crippen MR) is 42.3 cm³/mol. The zero-order valence-electron chi connectivity index (χ0n) is 6.41. The van der Waals surface area contributed by atoms with Gasteiger partial charge in [0.25, 0.3) is 10.2 Å². The minimum absolute atomic E-state index is 0.310. The normalized spacial score (nSPS) is 25.1. The van der Waals surface area contributed by atoms with Crippen molar-refractivity contribution in [2.24, 2.45) is 5.14 Å². The zero-order valence-corrected chi connectivity index (χ0v) is 7.23. The molecule has 0 aromatic rings. The summed E-state index contributed by atoms with van der Waals surface area (Å²) in [6, 6.07) is -0.700. The molecule has 0 aromatic carbocycles. The fraction of sp³-hybridized carbons (Fsp3) is 0.800. The first-order chi connectivity index (χ1) is 5.49. The largest absolute Gasteiger partial charge is 0.355 e. The SMILES string of the molecule is NS(=O)(=O)NC1CCCNC1=O. The van der Waals surface area contributed by atoms with Gasteiger partial charge in [-0.25, -0.2) is 5.14 Å². The molecule has 1 amide bonds. The predicted octanol–water partition coefficient (Wildman–Crippen LogP) is -1.94. The number of amides is 1. The second-order valence-electron chi connectivity index (χ2n) is 2.65. The van der Waals surface area contributed by atoms with Crippen molar-refractivity contribution in [2.75, 3.05) is 6.54 Å². The molecule has 1 unspecified atom stereocenters. The Labute approximate surface area is 70.7 Å². The number of hydrogen-bond donors (Lipinski definition) is 3. The van der Waals surface area contributed by atoms with Crippen molar-refractivity contribution in [3.8, 4) is 0 Å². The van der Waals surface area contributed by atoms with Crippen LogP contribution in [0.5, 0.6) is 0 Å². The number of nitrogens with one attached hydrogen (secondary N) is 2. The van der Waals surface area contributed by atoms with E-state index in [-0.39, 0.29) is 5.91 Å². The van der Waals surface area contributed by atoms with Crippen LogP contribution in [0.15, 0.2) is 0 Å². The van der Waals surface area contributed by atoms with Crippen LogP contribution in [0, 0.1) is 0 Å². The van der Waals surface area contributed by atoms with Crippen molar-refractivity contribution >= 4 is 16.1 Å². The molecule has 1 saturated heterocycles. The summed E-state index contributed by atoms with van der Waals surface area (Å²) in [4.78, 5) is 11.0. The smallest absolute Gasteiger partial charge is 0.275 e. The third-order valence-corrected chi connectivity index (χ3v) is 2.20. The van der Waals surface area contributed by atoms with E-state index >= 15 is 0 Å². The Morgan fingerprint density at radius 3 is 2.75 bits per heavy atom. The Hall–Kier alpha value is -0.660. The van der Waals surface area contributed by atoms with Gasteiger partial charge in [-0.1, -0.05) is 0 Å². The molecular weight excluding hydrogens is 182 g/mol. The Kier molecular flexibility index (Phi) is 2.65. The number of nitrogens with two attached hydrogens (primary N) is 1. The van der Waals surface area contributed by atoms with Gasteiger partial charge in [0.15, 0.2) is 0 Å². The van der Waals surface area contributed by atoms with Crippen LogP contribution in [0.25, 0.3) is 0 Å². The van der Waals surface area contributed by atoms with E-state index in [1.807, 2.05) is 4.72 Å². The maximum atomic E-state index is 11.0. The fourth-order valence-electron chi connectivity index (χ4n) is 1.08. The number of piperidine rings is 1. The van der Waals surface area contributed by atoms with E-state index in [4.69, 9.17) is 5.14 Å². The number of carbonyl (C=O) groups is 1. The van der Waals surface area contributed by atoms with Crippen molar-refractivity contribution < 1.29 is 13.2 Å². The average molecular weight is 193 g/mol. The van der Waals surface area contributed by atoms with Gasteiger partial charge in [-0.3, -0.25) is 4.79 Å². The molecule has 4 N–H and O–H groups in total. The van der Waals surface area contributed by atoms with Crippen LogP contribution in [-0.4, -0.2) is 26.9 Å². The molecule has 0 saturated carbocycles. The molecule has 1 rings (SSSR count). The number of hydrogen-bond acceptors (Lipinski definition) is 3. The van der Waals surface area contributed by atoms with Crippen molar-refractivity contribution in [1.82, 2.24) is 10.0 Å². The third-order valence-electron chi connectivity index (χ3n) is 1.59. The molecule has 1 fully saturated rings. The Morgan fingerprint density at radius 2 is 2.25 bits per heavy atom. The quantitative estimate of drug-likeness (QED) is 0.475. The topological polar surface area (TPSA) is 101 Å². The minimum atomic E-state index is -3.77. The molecule has 1 aliphatic heterocycles. The zero-order chi connectivity index (χ0) is 9.19. The molecule has 1 heterocycles. The first-order valence-corrected chi connectivity index (χ1v) is 5.11. The van der Waals surface area contributed by atoms with Crippen molar-refractivity contribution in [3.05, 3.63) is 0 Å². The number of carbonyl (C=O) groups excluding carboxylic acids is 1. The Balaban J connectivity index is 2.56. The van der Waals surface area contributed by atoms with E-state index in [1.54, 1.807) is 0 Å². The van der Waals surface area contributed by atoms with Crippen LogP contribution in [0.2, 0.25) is 0 Å². The highest BCUT2D eigenvalue weighted by atomic mass is 32.2. The summed E-state index contributed by atoms with van der Waals surface area (Å²) in [7, 11) is -3.77. The van der Waals surface area contributed by atoms with E-state index < -0.39 is 16.3 Å². The number of rotatable bonds is 2. The standard InChI is InChI=1S/C5H11N3O3S/c6-12(10,11)8-4-2-1-3-7-5(4)9/h4,8H,1-3H2,(H,7,9)(H2,6,10,11). The molecule has 70 valence electrons. The van der Waals surface area contributed by atoms with Crippen molar-refractivity contribution in [1.29, 1.82) is 0 Å². The Bertz CT molecular complexity index is 274. The molecule has 0 aromatic heterocycles. The molecule has 0 radical (unpaired) electrons. The summed E-state index contributed by atoms with van der Waals surface area (Å²) in [5.41, 5.74) is 0. The molecule has 0 spiro atoms. The van der Waals surface area contributed by atoms with Crippen LogP contribution in [0.3, 0.4) is 0 Å². The third kappa shape index (κ3) is 2.76. The lowest BCUT2D eigenvalue weighted by molar-refractivity contribution is -0.124. The first-order valence-electron chi connectivity index (χ1n) is 3.57. The van der Waals surface area contributed by atoms with Crippen LogP contribution in [0.1, 0.15) is 12.8 Å². The summed E-state index contributed by atoms with van der Waals surface area (Å²) in [5.74, 6) is -0.310. The summed E-state index contributed by atoms with van der Waals surface area (Å²) in [6.45, 7) is 0.599. The summed E-state index contributed by atoms with van der Waals surface area (Å²) in [5, 5.41) is 7.24. The summed E-state index contributed by atoms with van der Waals surface area (Å²) < 4.78 is 23.1. The van der Waals surface area contributed by atoms with E-state index in [2.05, 4.69) is 5.32 Å². The summed E-state index contributed by atoms with van der Waals surface area (Å²) in [6.07, 6.45) is 1.27. The monoisotopic (exact) mass is 193 g/mol. The molecule has 7 heteroatoms. The van der Waals surface area contributed by atoms with Gasteiger partial charge in [0.05, 0.1) is 0 Å². The van der Waals surface area contributed by atoms with Gasteiger partial charge in [0.2, 0.25) is 5.91 Å². The van der Waals surface area contributed by atoms with Crippen LogP contribution >= 0.6 is 0 Å².